The van der Waals surface area contributed by atoms with Crippen LogP contribution in [0, 0.1) is 0 Å². The molecule has 8 nitrogen and oxygen atoms in total. The Morgan fingerprint density at radius 2 is 1.04 bits per heavy atom. The first-order valence-electron chi connectivity index (χ1n) is 8.16. The fourth-order valence-electron chi connectivity index (χ4n) is 0.901. The van der Waals surface area contributed by atoms with E-state index in [1.165, 1.54) is 0 Å². The Bertz CT molecular complexity index is 337. The molecule has 0 saturated heterocycles. The van der Waals surface area contributed by atoms with Gasteiger partial charge in [0.05, 0.1) is 0 Å². The molecule has 0 atom stereocenters. The van der Waals surface area contributed by atoms with Gasteiger partial charge in [-0.2, -0.15) is 0 Å². The summed E-state index contributed by atoms with van der Waals surface area (Å²) in [5.74, 6) is -3.16. The van der Waals surface area contributed by atoms with Crippen molar-refractivity contribution in [2.45, 2.75) is 66.2 Å². The summed E-state index contributed by atoms with van der Waals surface area (Å²) < 4.78 is 10.5. The van der Waals surface area contributed by atoms with Crippen molar-refractivity contribution < 1.29 is 35.5 Å². The normalized spacial score (nSPS) is 8.80. The van der Waals surface area contributed by atoms with E-state index in [0.29, 0.717) is 0 Å². The maximum atomic E-state index is 10.2. The first kappa shape index (κ1) is 28.8. The zero-order valence-corrected chi connectivity index (χ0v) is 18.3. The number of carboxylic acids is 2. The van der Waals surface area contributed by atoms with Crippen LogP contribution in [0.25, 0.3) is 0 Å². The van der Waals surface area contributed by atoms with E-state index >= 15 is 0 Å². The molecule has 25 heavy (non-hydrogen) atoms. The molecule has 0 saturated carbocycles. The number of carbonyl (C=O) groups excluding carboxylic acids is 4. The summed E-state index contributed by atoms with van der Waals surface area (Å²) in [5, 5.41) is 19.3. The van der Waals surface area contributed by atoms with Crippen molar-refractivity contribution in [3.05, 3.63) is 0 Å². The van der Waals surface area contributed by atoms with Crippen molar-refractivity contribution >= 4 is 45.5 Å². The number of hydrogen-bond donors (Lipinski definition) is 0. The predicted octanol–water partition coefficient (Wildman–Crippen LogP) is -0.415. The molecule has 0 N–H and O–H groups in total. The molecule has 0 spiro atoms. The minimum atomic E-state index is -1.29. The van der Waals surface area contributed by atoms with E-state index in [1.807, 2.05) is 0 Å². The molecule has 0 aliphatic rings. The maximum absolute atomic E-state index is 10.2. The van der Waals surface area contributed by atoms with Gasteiger partial charge < -0.3 is 19.8 Å². The van der Waals surface area contributed by atoms with Crippen molar-refractivity contribution in [3.8, 4) is 0 Å². The van der Waals surface area contributed by atoms with Crippen molar-refractivity contribution in [2.75, 3.05) is 13.2 Å². The number of aliphatic carboxylic acids is 2. The molecule has 0 fully saturated rings. The summed E-state index contributed by atoms with van der Waals surface area (Å²) in [6, 6.07) is 0. The van der Waals surface area contributed by atoms with Gasteiger partial charge in [-0.3, -0.25) is 9.59 Å². The molecule has 0 amide bonds. The third-order valence-corrected chi connectivity index (χ3v) is 4.04. The fraction of sp³-hybridized carbons (Fsp3) is 0.750. The Balaban J connectivity index is -0.000000291. The Kier molecular flexibility index (Phi) is 26.5. The molecule has 0 rings (SSSR count). The molecule has 0 heterocycles. The molecule has 0 aliphatic carbocycles. The molecular formula is C16H28O8Sn. The van der Waals surface area contributed by atoms with E-state index in [0.717, 1.165) is 26.1 Å². The van der Waals surface area contributed by atoms with E-state index < -0.39 is 46.8 Å². The molecule has 0 unspecified atom stereocenters. The van der Waals surface area contributed by atoms with Crippen molar-refractivity contribution in [1.82, 2.24) is 0 Å². The molecular weight excluding hydrogens is 439 g/mol. The summed E-state index contributed by atoms with van der Waals surface area (Å²) in [6.45, 7) is 9.22. The Morgan fingerprint density at radius 3 is 1.20 bits per heavy atom. The SMILES string of the molecule is CCC(=O)CC(=O)[O-].CCC(=O)CC(=O)[O-].CCC[O][Sn+2][O]CCC. The van der Waals surface area contributed by atoms with Crippen molar-refractivity contribution in [1.29, 1.82) is 0 Å². The van der Waals surface area contributed by atoms with Gasteiger partial charge in [0.1, 0.15) is 11.6 Å². The molecule has 144 valence electrons. The van der Waals surface area contributed by atoms with Crippen LogP contribution in [-0.4, -0.2) is 58.7 Å². The van der Waals surface area contributed by atoms with Gasteiger partial charge in [-0.05, 0) is 0 Å². The van der Waals surface area contributed by atoms with Crippen LogP contribution in [0.1, 0.15) is 66.2 Å². The zero-order valence-electron chi connectivity index (χ0n) is 15.4. The third kappa shape index (κ3) is 35.1. The minimum absolute atomic E-state index is 0.272. The van der Waals surface area contributed by atoms with Gasteiger partial charge in [-0.15, -0.1) is 0 Å². The van der Waals surface area contributed by atoms with Crippen LogP contribution < -0.4 is 10.2 Å². The second kappa shape index (κ2) is 23.0. The second-order valence-electron chi connectivity index (χ2n) is 4.66. The third-order valence-electron chi connectivity index (χ3n) is 2.20. The van der Waals surface area contributed by atoms with Crippen LogP contribution in [0.15, 0.2) is 0 Å². The van der Waals surface area contributed by atoms with Gasteiger partial charge in [-0.1, -0.05) is 13.8 Å². The average molecular weight is 467 g/mol. The number of carbonyl (C=O) groups is 4. The predicted molar refractivity (Wildman–Crippen MR) is 88.1 cm³/mol. The van der Waals surface area contributed by atoms with Crippen LogP contribution >= 0.6 is 0 Å². The summed E-state index contributed by atoms with van der Waals surface area (Å²) in [4.78, 5) is 39.7. The molecule has 0 radical (unpaired) electrons. The standard InChI is InChI=1S/2C5H8O3.2C3H7O.Sn/c2*1-2-4(6)3-5(7)8;2*1-2-3-4;/h2*2-3H2,1H3,(H,7,8);2*2-3H2,1H3;/q;;2*-1;+4/p-2. The van der Waals surface area contributed by atoms with Crippen LogP contribution in [0.5, 0.6) is 0 Å². The van der Waals surface area contributed by atoms with E-state index in [4.69, 9.17) is 6.15 Å². The number of Topliss-reactive ketones (excluding diaryl/α,β-unsaturated/α-hetero) is 2. The summed E-state index contributed by atoms with van der Waals surface area (Å²) >= 11 is -0.851. The van der Waals surface area contributed by atoms with E-state index in [-0.39, 0.29) is 24.4 Å². The van der Waals surface area contributed by atoms with Crippen LogP contribution in [-0.2, 0) is 25.3 Å². The van der Waals surface area contributed by atoms with E-state index in [2.05, 4.69) is 13.8 Å². The van der Waals surface area contributed by atoms with Crippen molar-refractivity contribution in [3.63, 3.8) is 0 Å². The summed E-state index contributed by atoms with van der Waals surface area (Å²) in [7, 11) is 0. The zero-order chi connectivity index (χ0) is 20.1. The van der Waals surface area contributed by atoms with E-state index in [9.17, 15) is 29.4 Å². The number of ketones is 2. The van der Waals surface area contributed by atoms with Crippen LogP contribution in [0.2, 0.25) is 0 Å². The first-order valence-corrected chi connectivity index (χ1v) is 10.5. The number of rotatable bonds is 12. The van der Waals surface area contributed by atoms with Gasteiger partial charge >= 0.3 is 68.0 Å². The molecule has 0 aromatic rings. The second-order valence-corrected chi connectivity index (χ2v) is 6.79. The van der Waals surface area contributed by atoms with Gasteiger partial charge in [-0.25, -0.2) is 0 Å². The Morgan fingerprint density at radius 1 is 0.720 bits per heavy atom. The fourth-order valence-corrected chi connectivity index (χ4v) is 2.78. The Hall–Kier alpha value is -1.00. The molecule has 0 aromatic carbocycles. The van der Waals surface area contributed by atoms with Gasteiger partial charge in [0.25, 0.3) is 0 Å². The monoisotopic (exact) mass is 468 g/mol. The molecule has 0 aromatic heterocycles. The Labute approximate surface area is 160 Å². The van der Waals surface area contributed by atoms with Gasteiger partial charge in [0, 0.05) is 37.6 Å². The first-order chi connectivity index (χ1) is 11.7. The molecule has 9 heteroatoms. The summed E-state index contributed by atoms with van der Waals surface area (Å²) in [6.07, 6.45) is 1.86. The topological polar surface area (TPSA) is 133 Å². The quantitative estimate of drug-likeness (QED) is 0.215. The van der Waals surface area contributed by atoms with E-state index in [1.54, 1.807) is 13.8 Å². The average Bonchev–Trinajstić information content (AvgIpc) is 2.54. The number of carboxylic acid groups (broad SMARTS) is 2. The van der Waals surface area contributed by atoms with Crippen molar-refractivity contribution in [2.24, 2.45) is 0 Å². The van der Waals surface area contributed by atoms with Gasteiger partial charge in [0.2, 0.25) is 0 Å². The van der Waals surface area contributed by atoms with Crippen LogP contribution in [0.4, 0.5) is 0 Å². The number of hydrogen-bond acceptors (Lipinski definition) is 8. The molecule has 0 aliphatic heterocycles. The summed E-state index contributed by atoms with van der Waals surface area (Å²) in [5.41, 5.74) is 0. The van der Waals surface area contributed by atoms with Gasteiger partial charge in [0.15, 0.2) is 0 Å². The van der Waals surface area contributed by atoms with Crippen LogP contribution in [0.3, 0.4) is 0 Å². The molecule has 0 bridgehead atoms.